The first-order valence-electron chi connectivity index (χ1n) is 6.20. The minimum atomic E-state index is -0.790. The molecule has 0 bridgehead atoms. The van der Waals surface area contributed by atoms with Crippen molar-refractivity contribution in [3.05, 3.63) is 28.2 Å². The molecule has 8 heteroatoms. The molecule has 0 unspecified atom stereocenters. The van der Waals surface area contributed by atoms with Crippen molar-refractivity contribution in [2.24, 2.45) is 11.7 Å². The van der Waals surface area contributed by atoms with Crippen LogP contribution >= 0.6 is 15.9 Å². The molecule has 0 aromatic heterocycles. The Morgan fingerprint density at radius 1 is 1.29 bits per heavy atom. The standard InChI is InChI=1S/C13H16BrF2N3O2/c1-6(2)12(17)13(21)18-5-11(20)19-10-4-8(15)7(14)3-9(10)16/h3-4,6,12H,5,17H2,1-2H3,(H,18,21)(H,19,20)/t12-/m0/s1. The highest BCUT2D eigenvalue weighted by Crippen LogP contribution is 2.23. The van der Waals surface area contributed by atoms with Crippen LogP contribution in [0, 0.1) is 17.6 Å². The maximum atomic E-state index is 13.5. The van der Waals surface area contributed by atoms with Gasteiger partial charge in [0.15, 0.2) is 0 Å². The van der Waals surface area contributed by atoms with Crippen LogP contribution in [0.4, 0.5) is 14.5 Å². The van der Waals surface area contributed by atoms with Crippen molar-refractivity contribution in [1.29, 1.82) is 0 Å². The third-order valence-corrected chi connectivity index (χ3v) is 3.34. The molecule has 0 saturated heterocycles. The Kier molecular flexibility index (Phi) is 6.22. The molecule has 0 aliphatic heterocycles. The molecule has 0 spiro atoms. The summed E-state index contributed by atoms with van der Waals surface area (Å²) in [6, 6.07) is 1.01. The lowest BCUT2D eigenvalue weighted by molar-refractivity contribution is -0.125. The van der Waals surface area contributed by atoms with Crippen molar-refractivity contribution in [3.8, 4) is 0 Å². The van der Waals surface area contributed by atoms with E-state index in [9.17, 15) is 18.4 Å². The van der Waals surface area contributed by atoms with E-state index in [0.29, 0.717) is 0 Å². The highest BCUT2D eigenvalue weighted by Gasteiger charge is 2.18. The van der Waals surface area contributed by atoms with Crippen molar-refractivity contribution in [2.45, 2.75) is 19.9 Å². The Balaban J connectivity index is 2.59. The molecule has 2 amide bonds. The van der Waals surface area contributed by atoms with Gasteiger partial charge in [0.25, 0.3) is 0 Å². The number of nitrogens with two attached hydrogens (primary N) is 1. The first-order chi connectivity index (χ1) is 9.72. The maximum absolute atomic E-state index is 13.5. The third-order valence-electron chi connectivity index (χ3n) is 2.73. The second kappa shape index (κ2) is 7.46. The smallest absolute Gasteiger partial charge is 0.243 e. The predicted molar refractivity (Wildman–Crippen MR) is 78.5 cm³/mol. The highest BCUT2D eigenvalue weighted by molar-refractivity contribution is 9.10. The first kappa shape index (κ1) is 17.5. The summed E-state index contributed by atoms with van der Waals surface area (Å²) in [4.78, 5) is 23.1. The van der Waals surface area contributed by atoms with Gasteiger partial charge in [0.2, 0.25) is 11.8 Å². The number of hydrogen-bond donors (Lipinski definition) is 3. The monoisotopic (exact) mass is 363 g/mol. The number of halogens is 3. The van der Waals surface area contributed by atoms with Crippen LogP contribution in [0.15, 0.2) is 16.6 Å². The zero-order valence-electron chi connectivity index (χ0n) is 11.5. The molecule has 0 radical (unpaired) electrons. The Hall–Kier alpha value is -1.54. The zero-order chi connectivity index (χ0) is 16.2. The molecule has 0 saturated carbocycles. The lowest BCUT2D eigenvalue weighted by atomic mass is 10.1. The van der Waals surface area contributed by atoms with E-state index in [0.717, 1.165) is 12.1 Å². The Morgan fingerprint density at radius 2 is 1.90 bits per heavy atom. The zero-order valence-corrected chi connectivity index (χ0v) is 13.1. The Labute approximate surface area is 129 Å². The van der Waals surface area contributed by atoms with E-state index >= 15 is 0 Å². The van der Waals surface area contributed by atoms with E-state index in [4.69, 9.17) is 5.73 Å². The van der Waals surface area contributed by atoms with Crippen molar-refractivity contribution in [3.63, 3.8) is 0 Å². The number of nitrogens with one attached hydrogen (secondary N) is 2. The molecule has 1 rings (SSSR count). The number of hydrogen-bond acceptors (Lipinski definition) is 3. The molecule has 0 fully saturated rings. The lowest BCUT2D eigenvalue weighted by Gasteiger charge is -2.15. The van der Waals surface area contributed by atoms with E-state index in [2.05, 4.69) is 26.6 Å². The van der Waals surface area contributed by atoms with Crippen LogP contribution in [0.5, 0.6) is 0 Å². The first-order valence-corrected chi connectivity index (χ1v) is 6.99. The van der Waals surface area contributed by atoms with Gasteiger partial charge in [-0.2, -0.15) is 0 Å². The Morgan fingerprint density at radius 3 is 2.48 bits per heavy atom. The fourth-order valence-corrected chi connectivity index (χ4v) is 1.72. The summed E-state index contributed by atoms with van der Waals surface area (Å²) >= 11 is 2.83. The third kappa shape index (κ3) is 5.05. The quantitative estimate of drug-likeness (QED) is 0.697. The van der Waals surface area contributed by atoms with Crippen LogP contribution in [0.25, 0.3) is 0 Å². The number of carbonyl (C=O) groups excluding carboxylic acids is 2. The van der Waals surface area contributed by atoms with Gasteiger partial charge >= 0.3 is 0 Å². The van der Waals surface area contributed by atoms with Crippen LogP contribution in [0.3, 0.4) is 0 Å². The molecule has 1 aromatic rings. The van der Waals surface area contributed by atoms with Crippen molar-refractivity contribution in [1.82, 2.24) is 5.32 Å². The van der Waals surface area contributed by atoms with Crippen LogP contribution in [-0.2, 0) is 9.59 Å². The molecule has 116 valence electrons. The normalized spacial score (nSPS) is 12.1. The second-order valence-electron chi connectivity index (χ2n) is 4.78. The predicted octanol–water partition coefficient (Wildman–Crippen LogP) is 1.77. The van der Waals surface area contributed by atoms with Gasteiger partial charge in [-0.25, -0.2) is 8.78 Å². The number of anilines is 1. The Bertz CT molecular complexity index is 552. The second-order valence-corrected chi connectivity index (χ2v) is 5.64. The van der Waals surface area contributed by atoms with E-state index < -0.39 is 29.5 Å². The van der Waals surface area contributed by atoms with Gasteiger partial charge in [-0.05, 0) is 27.9 Å². The van der Waals surface area contributed by atoms with Crippen LogP contribution in [0.1, 0.15) is 13.8 Å². The molecule has 0 heterocycles. The molecule has 5 nitrogen and oxygen atoms in total. The molecule has 4 N–H and O–H groups in total. The van der Waals surface area contributed by atoms with Gasteiger partial charge in [0.1, 0.15) is 11.6 Å². The van der Waals surface area contributed by atoms with E-state index in [1.54, 1.807) is 13.8 Å². The average Bonchev–Trinajstić information content (AvgIpc) is 2.41. The summed E-state index contributed by atoms with van der Waals surface area (Å²) in [6.07, 6.45) is 0. The number of rotatable bonds is 5. The number of benzene rings is 1. The average molecular weight is 364 g/mol. The molecule has 1 aromatic carbocycles. The molecule has 21 heavy (non-hydrogen) atoms. The van der Waals surface area contributed by atoms with E-state index in [1.807, 2.05) is 0 Å². The molecule has 1 atom stereocenters. The van der Waals surface area contributed by atoms with Gasteiger partial charge in [-0.1, -0.05) is 13.8 Å². The molecular formula is C13H16BrF2N3O2. The largest absolute Gasteiger partial charge is 0.346 e. The molecule has 0 aliphatic carbocycles. The number of amides is 2. The number of carbonyl (C=O) groups is 2. The van der Waals surface area contributed by atoms with E-state index in [1.165, 1.54) is 0 Å². The summed E-state index contributed by atoms with van der Waals surface area (Å²) < 4.78 is 26.7. The summed E-state index contributed by atoms with van der Waals surface area (Å²) in [5, 5.41) is 4.50. The summed E-state index contributed by atoms with van der Waals surface area (Å²) in [5.74, 6) is -2.74. The topological polar surface area (TPSA) is 84.2 Å². The maximum Gasteiger partial charge on any atom is 0.243 e. The fraction of sp³-hybridized carbons (Fsp3) is 0.385. The molecule has 0 aliphatic rings. The van der Waals surface area contributed by atoms with Crippen molar-refractivity contribution < 1.29 is 18.4 Å². The van der Waals surface area contributed by atoms with Gasteiger partial charge in [0, 0.05) is 6.07 Å². The van der Waals surface area contributed by atoms with Gasteiger partial charge in [-0.15, -0.1) is 0 Å². The highest BCUT2D eigenvalue weighted by atomic mass is 79.9. The minimum absolute atomic E-state index is 0.0470. The fourth-order valence-electron chi connectivity index (χ4n) is 1.40. The van der Waals surface area contributed by atoms with Gasteiger partial charge in [-0.3, -0.25) is 9.59 Å². The van der Waals surface area contributed by atoms with Crippen molar-refractivity contribution in [2.75, 3.05) is 11.9 Å². The summed E-state index contributed by atoms with van der Waals surface area (Å²) in [5.41, 5.74) is 5.30. The van der Waals surface area contributed by atoms with Crippen LogP contribution < -0.4 is 16.4 Å². The SMILES string of the molecule is CC(C)[C@H](N)C(=O)NCC(=O)Nc1cc(F)c(Br)cc1F. The lowest BCUT2D eigenvalue weighted by Crippen LogP contribution is -2.46. The minimum Gasteiger partial charge on any atom is -0.346 e. The van der Waals surface area contributed by atoms with Gasteiger partial charge in [0.05, 0.1) is 22.7 Å². The van der Waals surface area contributed by atoms with Crippen molar-refractivity contribution >= 4 is 33.4 Å². The van der Waals surface area contributed by atoms with Gasteiger partial charge < -0.3 is 16.4 Å². The van der Waals surface area contributed by atoms with Crippen LogP contribution in [-0.4, -0.2) is 24.4 Å². The summed E-state index contributed by atoms with van der Waals surface area (Å²) in [7, 11) is 0. The summed E-state index contributed by atoms with van der Waals surface area (Å²) in [6.45, 7) is 3.16. The molecular weight excluding hydrogens is 348 g/mol. The van der Waals surface area contributed by atoms with E-state index in [-0.39, 0.29) is 22.6 Å². The van der Waals surface area contributed by atoms with Crippen LogP contribution in [0.2, 0.25) is 0 Å².